The molecular formula is C21H27NO2. The number of hydrogen-bond donors (Lipinski definition) is 1. The molecule has 1 N–H and O–H groups in total. The minimum absolute atomic E-state index is 0.0184. The van der Waals surface area contributed by atoms with Gasteiger partial charge in [-0.1, -0.05) is 51.1 Å². The average Bonchev–Trinajstić information content (AvgIpc) is 2.60. The number of carbonyl (C=O) groups excluding carboxylic acids is 1. The highest BCUT2D eigenvalue weighted by molar-refractivity contribution is 5.90. The second-order valence-electron chi connectivity index (χ2n) is 6.63. The van der Waals surface area contributed by atoms with Crippen molar-refractivity contribution in [3.05, 3.63) is 60.2 Å². The Morgan fingerprint density at radius 2 is 1.71 bits per heavy atom. The summed E-state index contributed by atoms with van der Waals surface area (Å²) in [6, 6.07) is 17.8. The van der Waals surface area contributed by atoms with E-state index in [1.54, 1.807) is 0 Å². The van der Waals surface area contributed by atoms with Gasteiger partial charge in [-0.15, -0.1) is 0 Å². The van der Waals surface area contributed by atoms with Gasteiger partial charge < -0.3 is 10.1 Å². The Balaban J connectivity index is 1.71. The molecule has 0 spiro atoms. The molecule has 0 aliphatic rings. The summed E-state index contributed by atoms with van der Waals surface area (Å²) in [4.78, 5) is 11.8. The van der Waals surface area contributed by atoms with E-state index in [2.05, 4.69) is 38.2 Å². The molecule has 0 atom stereocenters. The summed E-state index contributed by atoms with van der Waals surface area (Å²) in [5, 5.41) is 2.88. The van der Waals surface area contributed by atoms with Gasteiger partial charge in [-0.3, -0.25) is 4.79 Å². The molecule has 0 aromatic heterocycles. The van der Waals surface area contributed by atoms with Gasteiger partial charge in [0.25, 0.3) is 0 Å². The van der Waals surface area contributed by atoms with Crippen LogP contribution in [0.4, 0.5) is 5.69 Å². The molecule has 2 aromatic rings. The Bertz CT molecular complexity index is 633. The van der Waals surface area contributed by atoms with Crippen LogP contribution >= 0.6 is 0 Å². The van der Waals surface area contributed by atoms with Crippen molar-refractivity contribution in [1.29, 1.82) is 0 Å². The zero-order chi connectivity index (χ0) is 17.4. The number of anilines is 1. The smallest absolute Gasteiger partial charge is 0.224 e. The third kappa shape index (κ3) is 5.41. The molecule has 0 aliphatic carbocycles. The molecule has 0 radical (unpaired) electrons. The second-order valence-corrected chi connectivity index (χ2v) is 6.63. The Morgan fingerprint density at radius 1 is 1.04 bits per heavy atom. The van der Waals surface area contributed by atoms with Gasteiger partial charge in [-0.2, -0.15) is 0 Å². The zero-order valence-corrected chi connectivity index (χ0v) is 14.8. The SMILES string of the molecule is CCC(C)(C)c1ccc(OCCCC(=O)Nc2ccccc2)cc1. The van der Waals surface area contributed by atoms with Crippen LogP contribution in [0.25, 0.3) is 0 Å². The van der Waals surface area contributed by atoms with Crippen molar-refractivity contribution >= 4 is 11.6 Å². The largest absolute Gasteiger partial charge is 0.494 e. The van der Waals surface area contributed by atoms with E-state index in [9.17, 15) is 4.79 Å². The van der Waals surface area contributed by atoms with Crippen molar-refractivity contribution < 1.29 is 9.53 Å². The second kappa shape index (κ2) is 8.53. The minimum atomic E-state index is 0.0184. The molecule has 1 amide bonds. The third-order valence-electron chi connectivity index (χ3n) is 4.39. The first-order valence-corrected chi connectivity index (χ1v) is 8.59. The highest BCUT2D eigenvalue weighted by Gasteiger charge is 2.17. The van der Waals surface area contributed by atoms with Crippen LogP contribution < -0.4 is 10.1 Å². The Hall–Kier alpha value is -2.29. The first kappa shape index (κ1) is 18.1. The number of para-hydroxylation sites is 1. The molecule has 0 bridgehead atoms. The predicted molar refractivity (Wildman–Crippen MR) is 99.6 cm³/mol. The number of nitrogens with one attached hydrogen (secondary N) is 1. The van der Waals surface area contributed by atoms with Crippen molar-refractivity contribution in [3.8, 4) is 5.75 Å². The molecule has 2 rings (SSSR count). The van der Waals surface area contributed by atoms with E-state index in [0.29, 0.717) is 19.4 Å². The molecule has 3 nitrogen and oxygen atoms in total. The van der Waals surface area contributed by atoms with E-state index >= 15 is 0 Å². The van der Waals surface area contributed by atoms with Crippen LogP contribution in [0.2, 0.25) is 0 Å². The summed E-state index contributed by atoms with van der Waals surface area (Å²) in [6.45, 7) is 7.23. The van der Waals surface area contributed by atoms with E-state index in [4.69, 9.17) is 4.74 Å². The molecule has 0 unspecified atom stereocenters. The van der Waals surface area contributed by atoms with E-state index in [1.807, 2.05) is 42.5 Å². The summed E-state index contributed by atoms with van der Waals surface area (Å²) >= 11 is 0. The maximum absolute atomic E-state index is 11.8. The van der Waals surface area contributed by atoms with Gasteiger partial charge in [0.05, 0.1) is 6.61 Å². The first-order valence-electron chi connectivity index (χ1n) is 8.59. The topological polar surface area (TPSA) is 38.3 Å². The fourth-order valence-electron chi connectivity index (χ4n) is 2.37. The van der Waals surface area contributed by atoms with Crippen LogP contribution in [0.5, 0.6) is 5.75 Å². The fourth-order valence-corrected chi connectivity index (χ4v) is 2.37. The van der Waals surface area contributed by atoms with Gasteiger partial charge >= 0.3 is 0 Å². The number of carbonyl (C=O) groups is 1. The lowest BCUT2D eigenvalue weighted by atomic mass is 9.82. The number of amides is 1. The summed E-state index contributed by atoms with van der Waals surface area (Å²) in [5.74, 6) is 0.874. The third-order valence-corrected chi connectivity index (χ3v) is 4.39. The number of hydrogen-bond acceptors (Lipinski definition) is 2. The van der Waals surface area contributed by atoms with Crippen molar-refractivity contribution in [2.75, 3.05) is 11.9 Å². The summed E-state index contributed by atoms with van der Waals surface area (Å²) in [5.41, 5.74) is 2.34. The number of benzene rings is 2. The van der Waals surface area contributed by atoms with Crippen LogP contribution in [-0.4, -0.2) is 12.5 Å². The Morgan fingerprint density at radius 3 is 2.33 bits per heavy atom. The average molecular weight is 325 g/mol. The molecule has 0 fully saturated rings. The monoisotopic (exact) mass is 325 g/mol. The molecule has 0 saturated carbocycles. The minimum Gasteiger partial charge on any atom is -0.494 e. The zero-order valence-electron chi connectivity index (χ0n) is 14.8. The normalized spacial score (nSPS) is 11.1. The van der Waals surface area contributed by atoms with Crippen LogP contribution in [0.1, 0.15) is 45.6 Å². The fraction of sp³-hybridized carbons (Fsp3) is 0.381. The number of ether oxygens (including phenoxy) is 1. The summed E-state index contributed by atoms with van der Waals surface area (Å²) in [7, 11) is 0. The lowest BCUT2D eigenvalue weighted by molar-refractivity contribution is -0.116. The van der Waals surface area contributed by atoms with Crippen molar-refractivity contribution in [2.24, 2.45) is 0 Å². The van der Waals surface area contributed by atoms with E-state index in [1.165, 1.54) is 5.56 Å². The molecular weight excluding hydrogens is 298 g/mol. The molecule has 2 aromatic carbocycles. The van der Waals surface area contributed by atoms with Crippen LogP contribution in [0, 0.1) is 0 Å². The molecule has 24 heavy (non-hydrogen) atoms. The standard InChI is InChI=1S/C21H27NO2/c1-4-21(2,3)17-12-14-19(15-13-17)24-16-8-11-20(23)22-18-9-6-5-7-10-18/h5-7,9-10,12-15H,4,8,11,16H2,1-3H3,(H,22,23). The summed E-state index contributed by atoms with van der Waals surface area (Å²) < 4.78 is 5.73. The van der Waals surface area contributed by atoms with Gasteiger partial charge in [0.15, 0.2) is 0 Å². The lowest BCUT2D eigenvalue weighted by Crippen LogP contribution is -2.15. The van der Waals surface area contributed by atoms with Crippen LogP contribution in [0.15, 0.2) is 54.6 Å². The molecule has 0 heterocycles. The molecule has 128 valence electrons. The van der Waals surface area contributed by atoms with E-state index in [0.717, 1.165) is 17.9 Å². The lowest BCUT2D eigenvalue weighted by Gasteiger charge is -2.23. The maximum atomic E-state index is 11.8. The highest BCUT2D eigenvalue weighted by Crippen LogP contribution is 2.28. The van der Waals surface area contributed by atoms with E-state index < -0.39 is 0 Å². The molecule has 0 aliphatic heterocycles. The molecule has 0 saturated heterocycles. The van der Waals surface area contributed by atoms with Gasteiger partial charge in [-0.05, 0) is 48.1 Å². The van der Waals surface area contributed by atoms with Gasteiger partial charge in [-0.25, -0.2) is 0 Å². The quantitative estimate of drug-likeness (QED) is 0.680. The van der Waals surface area contributed by atoms with Crippen molar-refractivity contribution in [2.45, 2.75) is 45.4 Å². The van der Waals surface area contributed by atoms with Crippen molar-refractivity contribution in [1.82, 2.24) is 0 Å². The Kier molecular flexibility index (Phi) is 6.42. The molecule has 3 heteroatoms. The predicted octanol–water partition coefficient (Wildman–Crippen LogP) is 5.17. The van der Waals surface area contributed by atoms with E-state index in [-0.39, 0.29) is 11.3 Å². The highest BCUT2D eigenvalue weighted by atomic mass is 16.5. The number of rotatable bonds is 8. The Labute approximate surface area is 145 Å². The van der Waals surface area contributed by atoms with Crippen molar-refractivity contribution in [3.63, 3.8) is 0 Å². The van der Waals surface area contributed by atoms with Gasteiger partial charge in [0.1, 0.15) is 5.75 Å². The maximum Gasteiger partial charge on any atom is 0.224 e. The van der Waals surface area contributed by atoms with Crippen LogP contribution in [0.3, 0.4) is 0 Å². The first-order chi connectivity index (χ1) is 11.5. The van der Waals surface area contributed by atoms with Gasteiger partial charge in [0, 0.05) is 12.1 Å². The summed E-state index contributed by atoms with van der Waals surface area (Å²) in [6.07, 6.45) is 2.25. The van der Waals surface area contributed by atoms with Crippen LogP contribution in [-0.2, 0) is 10.2 Å². The van der Waals surface area contributed by atoms with Gasteiger partial charge in [0.2, 0.25) is 5.91 Å².